The lowest BCUT2D eigenvalue weighted by Crippen LogP contribution is -2.07. The molecule has 0 unspecified atom stereocenters. The molecule has 0 aliphatic carbocycles. The van der Waals surface area contributed by atoms with Gasteiger partial charge in [-0.3, -0.25) is 0 Å². The third-order valence-corrected chi connectivity index (χ3v) is 3.99. The molecule has 0 atom stereocenters. The number of rotatable bonds is 12. The summed E-state index contributed by atoms with van der Waals surface area (Å²) in [7, 11) is 4.74. The van der Waals surface area contributed by atoms with Crippen LogP contribution in [0.5, 0.6) is 23.0 Å². The van der Waals surface area contributed by atoms with E-state index in [0.29, 0.717) is 48.6 Å². The van der Waals surface area contributed by atoms with Crippen LogP contribution >= 0.6 is 0 Å². The predicted octanol–water partition coefficient (Wildman–Crippen LogP) is 4.03. The predicted molar refractivity (Wildman–Crippen MR) is 111 cm³/mol. The minimum Gasteiger partial charge on any atom is -0.493 e. The highest BCUT2D eigenvalue weighted by Gasteiger charge is 2.13. The fourth-order valence-electron chi connectivity index (χ4n) is 2.52. The van der Waals surface area contributed by atoms with Crippen molar-refractivity contribution in [2.75, 3.05) is 41.2 Å². The third kappa shape index (κ3) is 6.87. The third-order valence-electron chi connectivity index (χ3n) is 3.99. The molecule has 29 heavy (non-hydrogen) atoms. The zero-order valence-electron chi connectivity index (χ0n) is 17.4. The van der Waals surface area contributed by atoms with Crippen molar-refractivity contribution in [1.82, 2.24) is 0 Å². The smallest absolute Gasteiger partial charge is 0.339 e. The molecular formula is C22H28O7. The van der Waals surface area contributed by atoms with E-state index < -0.39 is 5.63 Å². The summed E-state index contributed by atoms with van der Waals surface area (Å²) < 4.78 is 32.4. The van der Waals surface area contributed by atoms with Crippen molar-refractivity contribution in [3.63, 3.8) is 0 Å². The molecule has 7 heteroatoms. The van der Waals surface area contributed by atoms with Crippen LogP contribution in [0.15, 0.2) is 33.5 Å². The normalized spacial score (nSPS) is 10.9. The van der Waals surface area contributed by atoms with Crippen molar-refractivity contribution >= 4 is 12.2 Å². The molecule has 0 saturated carbocycles. The Balaban J connectivity index is 2.24. The van der Waals surface area contributed by atoms with Crippen LogP contribution < -0.4 is 24.6 Å². The number of ether oxygens (including phenoxy) is 5. The summed E-state index contributed by atoms with van der Waals surface area (Å²) in [6.07, 6.45) is 5.44. The lowest BCUT2D eigenvalue weighted by atomic mass is 10.1. The van der Waals surface area contributed by atoms with Crippen LogP contribution in [0.25, 0.3) is 12.2 Å². The molecule has 2 rings (SSSR count). The van der Waals surface area contributed by atoms with E-state index in [9.17, 15) is 4.79 Å². The average molecular weight is 404 g/mol. The lowest BCUT2D eigenvalue weighted by Gasteiger charge is -2.15. The van der Waals surface area contributed by atoms with Crippen molar-refractivity contribution in [2.45, 2.75) is 19.8 Å². The van der Waals surface area contributed by atoms with Crippen LogP contribution in [0, 0.1) is 0 Å². The van der Waals surface area contributed by atoms with E-state index in [2.05, 4.69) is 6.92 Å². The van der Waals surface area contributed by atoms with Crippen LogP contribution in [-0.2, 0) is 4.74 Å². The Morgan fingerprint density at radius 2 is 1.62 bits per heavy atom. The maximum absolute atomic E-state index is 11.8. The summed E-state index contributed by atoms with van der Waals surface area (Å²) in [5.41, 5.74) is 0.310. The minimum absolute atomic E-state index is 0.344. The van der Waals surface area contributed by atoms with Crippen LogP contribution in [0.1, 0.15) is 31.1 Å². The molecule has 0 radical (unpaired) electrons. The number of hydrogen-bond donors (Lipinski definition) is 0. The Kier molecular flexibility index (Phi) is 9.11. The molecule has 1 heterocycles. The molecule has 0 bridgehead atoms. The zero-order valence-corrected chi connectivity index (χ0v) is 17.4. The number of methoxy groups -OCH3 is 3. The molecule has 7 nitrogen and oxygen atoms in total. The quantitative estimate of drug-likeness (QED) is 0.494. The van der Waals surface area contributed by atoms with Gasteiger partial charge in [0.1, 0.15) is 18.1 Å². The molecule has 0 aliphatic heterocycles. The van der Waals surface area contributed by atoms with Crippen LogP contribution in [-0.4, -0.2) is 41.2 Å². The van der Waals surface area contributed by atoms with Crippen molar-refractivity contribution in [3.8, 4) is 23.0 Å². The van der Waals surface area contributed by atoms with Gasteiger partial charge in [-0.2, -0.15) is 0 Å². The Labute approximate surface area is 170 Å². The van der Waals surface area contributed by atoms with E-state index in [1.807, 2.05) is 12.1 Å². The van der Waals surface area contributed by atoms with Gasteiger partial charge in [-0.1, -0.05) is 19.4 Å². The molecule has 2 aromatic rings. The SMILES string of the molecule is CCCCOc1c(OC)cc(/C=C/c2cc(OCCOC)cc(=O)o2)cc1OC. The van der Waals surface area contributed by atoms with Gasteiger partial charge in [0.25, 0.3) is 0 Å². The van der Waals surface area contributed by atoms with Gasteiger partial charge in [0.2, 0.25) is 5.75 Å². The number of unbranched alkanes of at least 4 members (excludes halogenated alkanes) is 1. The molecule has 1 aromatic heterocycles. The molecule has 0 amide bonds. The van der Waals surface area contributed by atoms with Crippen molar-refractivity contribution in [2.24, 2.45) is 0 Å². The second-order valence-corrected chi connectivity index (χ2v) is 6.15. The largest absolute Gasteiger partial charge is 0.493 e. The first-order valence-electron chi connectivity index (χ1n) is 9.45. The minimum atomic E-state index is -0.491. The van der Waals surface area contributed by atoms with Gasteiger partial charge in [0, 0.05) is 13.2 Å². The first-order valence-corrected chi connectivity index (χ1v) is 9.45. The van der Waals surface area contributed by atoms with Crippen molar-refractivity contribution in [1.29, 1.82) is 0 Å². The van der Waals surface area contributed by atoms with Gasteiger partial charge in [0.05, 0.1) is 33.5 Å². The molecular weight excluding hydrogens is 376 g/mol. The molecule has 158 valence electrons. The highest BCUT2D eigenvalue weighted by atomic mass is 16.5. The van der Waals surface area contributed by atoms with E-state index in [-0.39, 0.29) is 0 Å². The molecule has 0 aliphatic rings. The highest BCUT2D eigenvalue weighted by Crippen LogP contribution is 2.39. The number of benzene rings is 1. The van der Waals surface area contributed by atoms with Crippen molar-refractivity contribution in [3.05, 3.63) is 46.0 Å². The highest BCUT2D eigenvalue weighted by molar-refractivity contribution is 5.71. The van der Waals surface area contributed by atoms with E-state index in [4.69, 9.17) is 28.1 Å². The second-order valence-electron chi connectivity index (χ2n) is 6.15. The van der Waals surface area contributed by atoms with Crippen LogP contribution in [0.3, 0.4) is 0 Å². The summed E-state index contributed by atoms with van der Waals surface area (Å²) in [4.78, 5) is 11.8. The van der Waals surface area contributed by atoms with Gasteiger partial charge < -0.3 is 28.1 Å². The first-order chi connectivity index (χ1) is 14.1. The Morgan fingerprint density at radius 3 is 2.24 bits per heavy atom. The maximum atomic E-state index is 11.8. The Bertz CT molecular complexity index is 829. The van der Waals surface area contributed by atoms with E-state index in [1.54, 1.807) is 39.5 Å². The summed E-state index contributed by atoms with van der Waals surface area (Å²) in [5.74, 6) is 2.50. The first kappa shape index (κ1) is 22.4. The van der Waals surface area contributed by atoms with E-state index >= 15 is 0 Å². The Hall–Kier alpha value is -2.93. The molecule has 0 N–H and O–H groups in total. The zero-order chi connectivity index (χ0) is 21.1. The van der Waals surface area contributed by atoms with Gasteiger partial charge in [-0.05, 0) is 30.2 Å². The summed E-state index contributed by atoms with van der Waals surface area (Å²) >= 11 is 0. The fraction of sp³-hybridized carbons (Fsp3) is 0.409. The molecule has 0 spiro atoms. The van der Waals surface area contributed by atoms with Crippen LogP contribution in [0.4, 0.5) is 0 Å². The topological polar surface area (TPSA) is 76.4 Å². The Morgan fingerprint density at radius 1 is 0.897 bits per heavy atom. The standard InChI is InChI=1S/C22H28O7/c1-5-6-9-28-22-19(25-3)12-16(13-20(22)26-4)7-8-17-14-18(15-21(23)29-17)27-11-10-24-2/h7-8,12-15H,5-6,9-11H2,1-4H3/b8-7+. The van der Waals surface area contributed by atoms with Gasteiger partial charge >= 0.3 is 5.63 Å². The fourth-order valence-corrected chi connectivity index (χ4v) is 2.52. The monoisotopic (exact) mass is 404 g/mol. The molecule has 1 aromatic carbocycles. The molecule has 0 saturated heterocycles. The second kappa shape index (κ2) is 11.8. The average Bonchev–Trinajstić information content (AvgIpc) is 2.72. The van der Waals surface area contributed by atoms with Gasteiger partial charge in [-0.25, -0.2) is 4.79 Å². The van der Waals surface area contributed by atoms with Crippen LogP contribution in [0.2, 0.25) is 0 Å². The summed E-state index contributed by atoms with van der Waals surface area (Å²) in [6, 6.07) is 6.60. The summed E-state index contributed by atoms with van der Waals surface area (Å²) in [5, 5.41) is 0. The van der Waals surface area contributed by atoms with Crippen molar-refractivity contribution < 1.29 is 28.1 Å². The summed E-state index contributed by atoms with van der Waals surface area (Å²) in [6.45, 7) is 3.45. The number of hydrogen-bond acceptors (Lipinski definition) is 7. The van der Waals surface area contributed by atoms with Gasteiger partial charge in [-0.15, -0.1) is 0 Å². The van der Waals surface area contributed by atoms with E-state index in [0.717, 1.165) is 18.4 Å². The lowest BCUT2D eigenvalue weighted by molar-refractivity contribution is 0.146. The molecule has 0 fully saturated rings. The van der Waals surface area contributed by atoms with E-state index in [1.165, 1.54) is 6.07 Å². The maximum Gasteiger partial charge on any atom is 0.339 e. The van der Waals surface area contributed by atoms with Gasteiger partial charge in [0.15, 0.2) is 11.5 Å².